The lowest BCUT2D eigenvalue weighted by Gasteiger charge is -2.41. The van der Waals surface area contributed by atoms with Crippen LogP contribution < -0.4 is 0 Å². The molecule has 0 saturated carbocycles. The minimum Gasteiger partial charge on any atom is -0.337 e. The molecule has 0 spiro atoms. The van der Waals surface area contributed by atoms with Crippen LogP contribution in [0.5, 0.6) is 0 Å². The second-order valence-electron chi connectivity index (χ2n) is 8.76. The van der Waals surface area contributed by atoms with E-state index in [1.54, 1.807) is 6.07 Å². The molecule has 2 saturated heterocycles. The van der Waals surface area contributed by atoms with Gasteiger partial charge in [0.05, 0.1) is 5.69 Å². The number of para-hydroxylation sites is 1. The number of aromatic nitrogens is 4. The highest BCUT2D eigenvalue weighted by molar-refractivity contribution is 5.83. The van der Waals surface area contributed by atoms with Gasteiger partial charge in [-0.15, -0.1) is 0 Å². The normalized spacial score (nSPS) is 20.1. The van der Waals surface area contributed by atoms with Crippen molar-refractivity contribution in [1.82, 2.24) is 29.7 Å². The Bertz CT molecular complexity index is 1030. The summed E-state index contributed by atoms with van der Waals surface area (Å²) in [5, 5.41) is 9.52. The number of fused-ring (bicyclic) bond motifs is 1. The van der Waals surface area contributed by atoms with E-state index in [0.29, 0.717) is 29.8 Å². The van der Waals surface area contributed by atoms with Crippen LogP contribution in [0.4, 0.5) is 4.39 Å². The molecule has 0 N–H and O–H groups in total. The zero-order chi connectivity index (χ0) is 21.4. The quantitative estimate of drug-likeness (QED) is 0.619. The molecule has 2 aliphatic rings. The van der Waals surface area contributed by atoms with E-state index in [2.05, 4.69) is 32.0 Å². The predicted octanol–water partition coefficient (Wildman–Crippen LogP) is 3.77. The molecule has 8 heteroatoms. The zero-order valence-electron chi connectivity index (χ0n) is 18.4. The minimum atomic E-state index is -0.321. The molecule has 3 aromatic rings. The molecule has 0 unspecified atom stereocenters. The topological polar surface area (TPSA) is 63.2 Å². The lowest BCUT2D eigenvalue weighted by atomic mass is 9.93. The lowest BCUT2D eigenvalue weighted by molar-refractivity contribution is 0.0855. The molecular weight excluding hydrogens is 395 g/mol. The molecule has 0 radical (unpaired) electrons. The number of likely N-dealkylation sites (tertiary alicyclic amines) is 2. The summed E-state index contributed by atoms with van der Waals surface area (Å²) < 4.78 is 21.7. The van der Waals surface area contributed by atoms with Gasteiger partial charge in [0.15, 0.2) is 0 Å². The van der Waals surface area contributed by atoms with Gasteiger partial charge in [0.25, 0.3) is 5.95 Å². The van der Waals surface area contributed by atoms with E-state index in [-0.39, 0.29) is 11.7 Å². The van der Waals surface area contributed by atoms with Gasteiger partial charge in [0, 0.05) is 17.3 Å². The van der Waals surface area contributed by atoms with Gasteiger partial charge in [0.2, 0.25) is 5.89 Å². The van der Waals surface area contributed by atoms with Crippen LogP contribution in [0.15, 0.2) is 22.7 Å². The van der Waals surface area contributed by atoms with Gasteiger partial charge in [-0.25, -0.2) is 4.39 Å². The summed E-state index contributed by atoms with van der Waals surface area (Å²) in [6, 6.07) is 5.75. The van der Waals surface area contributed by atoms with E-state index < -0.39 is 0 Å². The van der Waals surface area contributed by atoms with Crippen molar-refractivity contribution in [2.24, 2.45) is 0 Å². The van der Waals surface area contributed by atoms with Crippen molar-refractivity contribution in [3.63, 3.8) is 0 Å². The van der Waals surface area contributed by atoms with Crippen LogP contribution in [0, 0.1) is 5.82 Å². The fourth-order valence-electron chi connectivity index (χ4n) is 5.19. The molecule has 5 rings (SSSR count). The fraction of sp³-hybridized carbons (Fsp3) is 0.609. The number of benzene rings is 1. The maximum Gasteiger partial charge on any atom is 0.291 e. The van der Waals surface area contributed by atoms with E-state index in [0.717, 1.165) is 43.6 Å². The number of piperidine rings is 2. The summed E-state index contributed by atoms with van der Waals surface area (Å²) in [6.45, 7) is 9.97. The molecule has 0 atom stereocenters. The highest BCUT2D eigenvalue weighted by atomic mass is 19.1. The molecular formula is C23H31FN6O. The standard InChI is InChI=1S/C23H31FN6O/c1-3-20-18-6-5-7-19(24)21(18)30(26-20)23-25-22(31-27-23)16-8-14-29(15-9-16)17-10-12-28(4-2)13-11-17/h5-7,16-17H,3-4,8-15H2,1-2H3. The van der Waals surface area contributed by atoms with Crippen molar-refractivity contribution < 1.29 is 8.91 Å². The van der Waals surface area contributed by atoms with Crippen molar-refractivity contribution >= 4 is 10.9 Å². The van der Waals surface area contributed by atoms with Crippen molar-refractivity contribution in [2.45, 2.75) is 57.9 Å². The van der Waals surface area contributed by atoms with Gasteiger partial charge < -0.3 is 14.3 Å². The summed E-state index contributed by atoms with van der Waals surface area (Å²) in [5.74, 6) is 0.900. The van der Waals surface area contributed by atoms with Crippen LogP contribution in [0.25, 0.3) is 16.9 Å². The van der Waals surface area contributed by atoms with Crippen LogP contribution in [-0.2, 0) is 6.42 Å². The van der Waals surface area contributed by atoms with Crippen molar-refractivity contribution in [2.75, 3.05) is 32.7 Å². The van der Waals surface area contributed by atoms with E-state index >= 15 is 0 Å². The number of aryl methyl sites for hydroxylation is 1. The highest BCUT2D eigenvalue weighted by Gasteiger charge is 2.31. The first-order valence-corrected chi connectivity index (χ1v) is 11.6. The summed E-state index contributed by atoms with van der Waals surface area (Å²) in [7, 11) is 0. The molecule has 0 bridgehead atoms. The smallest absolute Gasteiger partial charge is 0.291 e. The minimum absolute atomic E-state index is 0.255. The maximum atomic E-state index is 14.6. The van der Waals surface area contributed by atoms with Crippen LogP contribution in [0.3, 0.4) is 0 Å². The van der Waals surface area contributed by atoms with Gasteiger partial charge >= 0.3 is 0 Å². The second kappa shape index (κ2) is 8.67. The largest absolute Gasteiger partial charge is 0.337 e. The Hall–Kier alpha value is -2.32. The Kier molecular flexibility index (Phi) is 5.75. The first-order valence-electron chi connectivity index (χ1n) is 11.6. The maximum absolute atomic E-state index is 14.6. The van der Waals surface area contributed by atoms with E-state index in [1.165, 1.54) is 36.7 Å². The van der Waals surface area contributed by atoms with Crippen molar-refractivity contribution in [3.05, 3.63) is 35.6 Å². The highest BCUT2D eigenvalue weighted by Crippen LogP contribution is 2.31. The van der Waals surface area contributed by atoms with Gasteiger partial charge in [-0.2, -0.15) is 14.8 Å². The zero-order valence-corrected chi connectivity index (χ0v) is 18.4. The van der Waals surface area contributed by atoms with Gasteiger partial charge in [-0.05, 0) is 76.1 Å². The molecule has 2 fully saturated rings. The Morgan fingerprint density at radius 2 is 1.84 bits per heavy atom. The first kappa shape index (κ1) is 20.6. The van der Waals surface area contributed by atoms with Crippen LogP contribution in [0.1, 0.15) is 57.0 Å². The molecule has 4 heterocycles. The summed E-state index contributed by atoms with van der Waals surface area (Å²) >= 11 is 0. The van der Waals surface area contributed by atoms with Crippen molar-refractivity contribution in [1.29, 1.82) is 0 Å². The number of nitrogens with zero attached hydrogens (tertiary/aromatic N) is 6. The Morgan fingerprint density at radius 3 is 2.55 bits per heavy atom. The van der Waals surface area contributed by atoms with Gasteiger partial charge in [-0.1, -0.05) is 26.0 Å². The SMILES string of the molecule is CCc1nn(-c2noc(C3CCN(C4CCN(CC)CC4)CC3)n2)c2c(F)cccc12. The molecule has 7 nitrogen and oxygen atoms in total. The number of hydrogen-bond donors (Lipinski definition) is 0. The molecule has 31 heavy (non-hydrogen) atoms. The third kappa shape index (κ3) is 3.87. The fourth-order valence-corrected chi connectivity index (χ4v) is 5.19. The monoisotopic (exact) mass is 426 g/mol. The second-order valence-corrected chi connectivity index (χ2v) is 8.76. The van der Waals surface area contributed by atoms with Crippen LogP contribution in [-0.4, -0.2) is 68.5 Å². The van der Waals surface area contributed by atoms with E-state index in [4.69, 9.17) is 4.52 Å². The molecule has 2 aliphatic heterocycles. The summed E-state index contributed by atoms with van der Waals surface area (Å²) in [5.41, 5.74) is 1.25. The lowest BCUT2D eigenvalue weighted by Crippen LogP contribution is -2.47. The van der Waals surface area contributed by atoms with Crippen LogP contribution >= 0.6 is 0 Å². The number of hydrogen-bond acceptors (Lipinski definition) is 6. The molecule has 0 aliphatic carbocycles. The van der Waals surface area contributed by atoms with E-state index in [1.807, 2.05) is 13.0 Å². The van der Waals surface area contributed by atoms with Crippen molar-refractivity contribution in [3.8, 4) is 5.95 Å². The Labute approximate surface area is 182 Å². The summed E-state index contributed by atoms with van der Waals surface area (Å²) in [6.07, 6.45) is 5.28. The van der Waals surface area contributed by atoms with Gasteiger partial charge in [0.1, 0.15) is 11.3 Å². The third-order valence-electron chi connectivity index (χ3n) is 7.09. The van der Waals surface area contributed by atoms with Crippen LogP contribution in [0.2, 0.25) is 0 Å². The molecule has 166 valence electrons. The summed E-state index contributed by atoms with van der Waals surface area (Å²) in [4.78, 5) is 9.81. The first-order chi connectivity index (χ1) is 15.2. The van der Waals surface area contributed by atoms with Gasteiger partial charge in [-0.3, -0.25) is 0 Å². The Morgan fingerprint density at radius 1 is 1.06 bits per heavy atom. The predicted molar refractivity (Wildman–Crippen MR) is 117 cm³/mol. The Balaban J connectivity index is 1.29. The number of halogens is 1. The molecule has 2 aromatic heterocycles. The average molecular weight is 427 g/mol. The van der Waals surface area contributed by atoms with E-state index in [9.17, 15) is 4.39 Å². The number of rotatable bonds is 5. The molecule has 0 amide bonds. The molecule has 1 aromatic carbocycles. The third-order valence-corrected chi connectivity index (χ3v) is 7.09. The average Bonchev–Trinajstić information content (AvgIpc) is 3.45.